The van der Waals surface area contributed by atoms with Gasteiger partial charge in [-0.1, -0.05) is 24.3 Å². The average Bonchev–Trinajstić information content (AvgIpc) is 2.94. The Hall–Kier alpha value is -1.91. The third-order valence-corrected chi connectivity index (χ3v) is 4.17. The first-order valence-electron chi connectivity index (χ1n) is 6.01. The summed E-state index contributed by atoms with van der Waals surface area (Å²) in [6, 6.07) is 9.87. The Morgan fingerprint density at radius 2 is 2.05 bits per heavy atom. The van der Waals surface area contributed by atoms with Crippen molar-refractivity contribution in [1.29, 1.82) is 0 Å². The summed E-state index contributed by atoms with van der Waals surface area (Å²) >= 11 is 1.61. The van der Waals surface area contributed by atoms with E-state index in [9.17, 15) is 0 Å². The molecular weight excluding hydrogens is 256 g/mol. The molecule has 4 heteroatoms. The highest BCUT2D eigenvalue weighted by atomic mass is 32.1. The van der Waals surface area contributed by atoms with Gasteiger partial charge in [-0.2, -0.15) is 0 Å². The molecule has 2 heterocycles. The van der Waals surface area contributed by atoms with Gasteiger partial charge in [0, 0.05) is 23.3 Å². The van der Waals surface area contributed by atoms with E-state index in [4.69, 9.17) is 10.5 Å². The predicted octanol–water partition coefficient (Wildman–Crippen LogP) is 3.35. The molecule has 0 radical (unpaired) electrons. The zero-order chi connectivity index (χ0) is 13.2. The summed E-state index contributed by atoms with van der Waals surface area (Å²) < 4.78 is 5.35. The van der Waals surface area contributed by atoms with Gasteiger partial charge < -0.3 is 10.5 Å². The Morgan fingerprint density at radius 1 is 1.21 bits per heavy atom. The van der Waals surface area contributed by atoms with E-state index in [-0.39, 0.29) is 6.04 Å². The molecule has 0 aliphatic heterocycles. The topological polar surface area (TPSA) is 48.1 Å². The number of aromatic nitrogens is 1. The zero-order valence-electron chi connectivity index (χ0n) is 10.5. The van der Waals surface area contributed by atoms with Crippen LogP contribution in [0.2, 0.25) is 0 Å². The van der Waals surface area contributed by atoms with Crippen LogP contribution in [0.1, 0.15) is 16.5 Å². The maximum Gasteiger partial charge on any atom is 0.134 e. The maximum atomic E-state index is 6.39. The lowest BCUT2D eigenvalue weighted by Gasteiger charge is -2.14. The van der Waals surface area contributed by atoms with Gasteiger partial charge in [-0.05, 0) is 16.8 Å². The summed E-state index contributed by atoms with van der Waals surface area (Å²) in [5.74, 6) is 0.838. The molecule has 3 rings (SSSR count). The zero-order valence-corrected chi connectivity index (χ0v) is 11.4. The second kappa shape index (κ2) is 4.99. The van der Waals surface area contributed by atoms with Gasteiger partial charge in [-0.25, -0.2) is 0 Å². The second-order valence-electron chi connectivity index (χ2n) is 4.28. The van der Waals surface area contributed by atoms with Gasteiger partial charge in [0.1, 0.15) is 5.75 Å². The van der Waals surface area contributed by atoms with Crippen molar-refractivity contribution >= 4 is 22.1 Å². The largest absolute Gasteiger partial charge is 0.496 e. The Morgan fingerprint density at radius 3 is 2.89 bits per heavy atom. The molecule has 3 aromatic rings. The van der Waals surface area contributed by atoms with Crippen molar-refractivity contribution < 1.29 is 4.74 Å². The van der Waals surface area contributed by atoms with Crippen molar-refractivity contribution in [2.24, 2.45) is 5.73 Å². The molecule has 1 unspecified atom stereocenters. The number of hydrogen-bond acceptors (Lipinski definition) is 4. The number of nitrogens with zero attached hydrogens (tertiary/aromatic N) is 1. The quantitative estimate of drug-likeness (QED) is 0.794. The minimum Gasteiger partial charge on any atom is -0.496 e. The van der Waals surface area contributed by atoms with Gasteiger partial charge in [0.05, 0.1) is 18.0 Å². The van der Waals surface area contributed by atoms with Crippen LogP contribution in [0.15, 0.2) is 48.1 Å². The number of nitrogens with two attached hydrogens (primary N) is 1. The van der Waals surface area contributed by atoms with Crippen molar-refractivity contribution in [3.05, 3.63) is 58.5 Å². The van der Waals surface area contributed by atoms with Crippen LogP contribution in [0, 0.1) is 0 Å². The van der Waals surface area contributed by atoms with E-state index in [1.807, 2.05) is 42.0 Å². The third kappa shape index (κ3) is 2.09. The SMILES string of the molecule is COc1ccsc1C(N)c1cncc2ccccc12. The summed E-state index contributed by atoms with van der Waals surface area (Å²) in [7, 11) is 1.67. The van der Waals surface area contributed by atoms with Crippen LogP contribution in [0.5, 0.6) is 5.75 Å². The molecule has 0 saturated carbocycles. The number of pyridine rings is 1. The highest BCUT2D eigenvalue weighted by molar-refractivity contribution is 7.10. The molecule has 0 bridgehead atoms. The Labute approximate surface area is 115 Å². The van der Waals surface area contributed by atoms with E-state index in [1.165, 1.54) is 0 Å². The van der Waals surface area contributed by atoms with Crippen molar-refractivity contribution in [3.8, 4) is 5.75 Å². The van der Waals surface area contributed by atoms with Gasteiger partial charge in [0.2, 0.25) is 0 Å². The van der Waals surface area contributed by atoms with E-state index in [1.54, 1.807) is 18.4 Å². The highest BCUT2D eigenvalue weighted by Gasteiger charge is 2.17. The predicted molar refractivity (Wildman–Crippen MR) is 78.6 cm³/mol. The Bertz CT molecular complexity index is 703. The number of ether oxygens (including phenoxy) is 1. The fourth-order valence-electron chi connectivity index (χ4n) is 2.23. The van der Waals surface area contributed by atoms with Crippen molar-refractivity contribution in [2.75, 3.05) is 7.11 Å². The van der Waals surface area contributed by atoms with Crippen molar-refractivity contribution in [3.63, 3.8) is 0 Å². The molecule has 1 aromatic carbocycles. The standard InChI is InChI=1S/C15H14N2OS/c1-18-13-6-7-19-15(13)14(16)12-9-17-8-10-4-2-3-5-11(10)12/h2-9,14H,16H2,1H3. The number of thiophene rings is 1. The van der Waals surface area contributed by atoms with E-state index in [0.717, 1.165) is 27.0 Å². The van der Waals surface area contributed by atoms with Crippen LogP contribution in [0.4, 0.5) is 0 Å². The number of hydrogen-bond donors (Lipinski definition) is 1. The molecule has 2 aromatic heterocycles. The summed E-state index contributed by atoms with van der Waals surface area (Å²) in [5, 5.41) is 4.23. The molecule has 0 fully saturated rings. The van der Waals surface area contributed by atoms with Crippen LogP contribution in [0.3, 0.4) is 0 Å². The van der Waals surface area contributed by atoms with Crippen LogP contribution in [0.25, 0.3) is 10.8 Å². The normalized spacial score (nSPS) is 12.5. The molecule has 3 nitrogen and oxygen atoms in total. The summed E-state index contributed by atoms with van der Waals surface area (Å²) in [6.07, 6.45) is 3.70. The lowest BCUT2D eigenvalue weighted by Crippen LogP contribution is -2.12. The van der Waals surface area contributed by atoms with Gasteiger partial charge >= 0.3 is 0 Å². The van der Waals surface area contributed by atoms with Gasteiger partial charge in [0.15, 0.2) is 0 Å². The van der Waals surface area contributed by atoms with Crippen LogP contribution >= 0.6 is 11.3 Å². The van der Waals surface area contributed by atoms with E-state index >= 15 is 0 Å². The number of fused-ring (bicyclic) bond motifs is 1. The second-order valence-corrected chi connectivity index (χ2v) is 5.23. The molecule has 19 heavy (non-hydrogen) atoms. The first-order valence-corrected chi connectivity index (χ1v) is 6.89. The lowest BCUT2D eigenvalue weighted by molar-refractivity contribution is 0.411. The van der Waals surface area contributed by atoms with Gasteiger partial charge in [-0.3, -0.25) is 4.98 Å². The molecule has 0 saturated heterocycles. The Kier molecular flexibility index (Phi) is 3.19. The van der Waals surface area contributed by atoms with Crippen molar-refractivity contribution in [1.82, 2.24) is 4.98 Å². The van der Waals surface area contributed by atoms with E-state index in [2.05, 4.69) is 11.1 Å². The molecule has 0 aliphatic carbocycles. The molecule has 0 aliphatic rings. The molecule has 1 atom stereocenters. The minimum atomic E-state index is -0.214. The molecule has 0 spiro atoms. The van der Waals surface area contributed by atoms with Crippen LogP contribution in [-0.4, -0.2) is 12.1 Å². The van der Waals surface area contributed by atoms with Crippen LogP contribution < -0.4 is 10.5 Å². The molecular formula is C15H14N2OS. The fraction of sp³-hybridized carbons (Fsp3) is 0.133. The third-order valence-electron chi connectivity index (χ3n) is 3.19. The summed E-state index contributed by atoms with van der Waals surface area (Å²) in [4.78, 5) is 5.31. The molecule has 96 valence electrons. The number of methoxy groups -OCH3 is 1. The van der Waals surface area contributed by atoms with E-state index in [0.29, 0.717) is 0 Å². The van der Waals surface area contributed by atoms with Crippen LogP contribution in [-0.2, 0) is 0 Å². The molecule has 0 amide bonds. The summed E-state index contributed by atoms with van der Waals surface area (Å²) in [6.45, 7) is 0. The smallest absolute Gasteiger partial charge is 0.134 e. The Balaban J connectivity index is 2.14. The van der Waals surface area contributed by atoms with E-state index < -0.39 is 0 Å². The first kappa shape index (κ1) is 12.1. The van der Waals surface area contributed by atoms with Crippen molar-refractivity contribution in [2.45, 2.75) is 6.04 Å². The fourth-order valence-corrected chi connectivity index (χ4v) is 3.11. The van der Waals surface area contributed by atoms with Gasteiger partial charge in [-0.15, -0.1) is 11.3 Å². The monoisotopic (exact) mass is 270 g/mol. The average molecular weight is 270 g/mol. The first-order chi connectivity index (χ1) is 9.31. The maximum absolute atomic E-state index is 6.39. The lowest BCUT2D eigenvalue weighted by atomic mass is 10.0. The number of benzene rings is 1. The minimum absolute atomic E-state index is 0.214. The molecule has 2 N–H and O–H groups in total. The summed E-state index contributed by atoms with van der Waals surface area (Å²) in [5.41, 5.74) is 7.42. The number of rotatable bonds is 3. The highest BCUT2D eigenvalue weighted by Crippen LogP contribution is 2.35. The van der Waals surface area contributed by atoms with Gasteiger partial charge in [0.25, 0.3) is 0 Å².